The van der Waals surface area contributed by atoms with Crippen molar-refractivity contribution in [2.24, 2.45) is 5.92 Å². The van der Waals surface area contributed by atoms with E-state index >= 15 is 0 Å². The van der Waals surface area contributed by atoms with Gasteiger partial charge in [0.25, 0.3) is 0 Å². The maximum atomic E-state index is 13.5. The minimum atomic E-state index is -4.27. The smallest absolute Gasteiger partial charge is 0.391 e. The molecular weight excluding hydrogens is 447 g/mol. The molecule has 0 spiro atoms. The summed E-state index contributed by atoms with van der Waals surface area (Å²) >= 11 is 0. The summed E-state index contributed by atoms with van der Waals surface area (Å²) in [5.41, 5.74) is 3.66. The molecule has 1 amide bonds. The lowest BCUT2D eigenvalue weighted by molar-refractivity contribution is -0.907. The van der Waals surface area contributed by atoms with Crippen LogP contribution in [0.25, 0.3) is 0 Å². The van der Waals surface area contributed by atoms with Crippen molar-refractivity contribution in [3.05, 3.63) is 35.9 Å². The van der Waals surface area contributed by atoms with Gasteiger partial charge in [0.2, 0.25) is 0 Å². The van der Waals surface area contributed by atoms with E-state index in [0.29, 0.717) is 13.1 Å². The fourth-order valence-corrected chi connectivity index (χ4v) is 5.05. The van der Waals surface area contributed by atoms with Crippen LogP contribution in [0.15, 0.2) is 30.3 Å². The molecule has 2 aliphatic rings. The first-order chi connectivity index (χ1) is 14.6. The number of likely N-dealkylation sites (tertiary alicyclic amines) is 1. The molecule has 1 aliphatic heterocycles. The molecule has 32 heavy (non-hydrogen) atoms. The second-order valence-electron chi connectivity index (χ2n) is 8.79. The predicted octanol–water partition coefficient (Wildman–Crippen LogP) is 3.41. The summed E-state index contributed by atoms with van der Waals surface area (Å²) in [4.78, 5) is 26.8. The van der Waals surface area contributed by atoms with Crippen LogP contribution in [0.5, 0.6) is 0 Å². The van der Waals surface area contributed by atoms with Crippen LogP contribution in [-0.2, 0) is 16.0 Å². The van der Waals surface area contributed by atoms with Gasteiger partial charge in [-0.15, -0.1) is 17.8 Å². The number of rotatable bonds is 7. The summed E-state index contributed by atoms with van der Waals surface area (Å²) in [5, 5.41) is 9.23. The number of aliphatic carboxylic acids is 1. The van der Waals surface area contributed by atoms with Crippen molar-refractivity contribution in [3.63, 3.8) is 0 Å². The van der Waals surface area contributed by atoms with Crippen molar-refractivity contribution >= 4 is 24.3 Å². The highest BCUT2D eigenvalue weighted by Crippen LogP contribution is 2.42. The van der Waals surface area contributed by atoms with Gasteiger partial charge in [-0.2, -0.15) is 17.8 Å². The molecule has 1 heterocycles. The number of nitrogens with zero attached hydrogens (tertiary/aromatic N) is 2. The topological polar surface area (TPSA) is 69.6 Å². The Kier molecular flexibility index (Phi) is 9.10. The zero-order valence-electron chi connectivity index (χ0n) is 18.2. The van der Waals surface area contributed by atoms with Gasteiger partial charge in [0, 0.05) is 6.42 Å². The van der Waals surface area contributed by atoms with E-state index < -0.39 is 36.7 Å². The molecule has 1 aromatic carbocycles. The maximum Gasteiger partial charge on any atom is 0.391 e. The largest absolute Gasteiger partial charge is 0.480 e. The summed E-state index contributed by atoms with van der Waals surface area (Å²) < 4.78 is 40.2. The molecule has 1 saturated heterocycles. The number of carbonyl (C=O) groups excluding carboxylic acids is 1. The third kappa shape index (κ3) is 6.21. The Bertz CT molecular complexity index is 775. The second-order valence-corrected chi connectivity index (χ2v) is 8.79. The van der Waals surface area contributed by atoms with Crippen LogP contribution in [0.1, 0.15) is 37.7 Å². The summed E-state index contributed by atoms with van der Waals surface area (Å²) in [6, 6.07) is 8.22. The third-order valence-electron chi connectivity index (χ3n) is 6.79. The van der Waals surface area contributed by atoms with E-state index in [0.717, 1.165) is 18.4 Å². The average Bonchev–Trinajstić information content (AvgIpc) is 3.26. The quantitative estimate of drug-likeness (QED) is 0.464. The molecule has 0 radical (unpaired) electrons. The summed E-state index contributed by atoms with van der Waals surface area (Å²) in [7, 11) is 1.62. The van der Waals surface area contributed by atoms with Crippen LogP contribution in [0, 0.1) is 5.92 Å². The van der Waals surface area contributed by atoms with Crippen LogP contribution in [0.2, 0.25) is 0 Å². The van der Waals surface area contributed by atoms with Crippen LogP contribution < -0.4 is 5.43 Å². The molecular formula is C22H32ClF3N3O3+. The standard InChI is InChI=1S/C22H30F3N3O3.ClH/c1-28(26-15-21(30)31,20(29)13-16-7-3-2-4-8-16)19-10-9-17(22(23,24)25)14-18(19)27-11-5-6-12-27;/h2-4,7-8,17-19,26H,5-6,9-15H2,1H3;1H/p+1/t17-,18+,19-,28?;/m0./s1. The number of amides is 1. The van der Waals surface area contributed by atoms with Gasteiger partial charge in [0.05, 0.1) is 25.4 Å². The van der Waals surface area contributed by atoms with Crippen LogP contribution in [0.3, 0.4) is 0 Å². The number of carboxylic acid groups (broad SMARTS) is 1. The molecule has 2 fully saturated rings. The minimum absolute atomic E-state index is 0. The van der Waals surface area contributed by atoms with Crippen LogP contribution in [-0.4, -0.2) is 71.4 Å². The van der Waals surface area contributed by atoms with Gasteiger partial charge >= 0.3 is 18.1 Å². The Balaban J connectivity index is 0.00000363. The summed E-state index contributed by atoms with van der Waals surface area (Å²) in [6.07, 6.45) is -2.26. The maximum absolute atomic E-state index is 13.5. The monoisotopic (exact) mass is 478 g/mol. The molecule has 4 atom stereocenters. The van der Waals surface area contributed by atoms with E-state index in [-0.39, 0.29) is 48.6 Å². The van der Waals surface area contributed by atoms with Gasteiger partial charge < -0.3 is 5.11 Å². The molecule has 1 unspecified atom stereocenters. The zero-order valence-corrected chi connectivity index (χ0v) is 19.0. The second kappa shape index (κ2) is 11.0. The molecule has 0 bridgehead atoms. The van der Waals surface area contributed by atoms with Gasteiger partial charge in [-0.05, 0) is 44.3 Å². The number of alkyl halides is 3. The Labute approximate surface area is 192 Å². The van der Waals surface area contributed by atoms with E-state index in [9.17, 15) is 27.9 Å². The fourth-order valence-electron chi connectivity index (χ4n) is 5.05. The number of carboxylic acids is 1. The summed E-state index contributed by atoms with van der Waals surface area (Å²) in [5.74, 6) is -2.75. The first-order valence-corrected chi connectivity index (χ1v) is 10.8. The van der Waals surface area contributed by atoms with Crippen molar-refractivity contribution in [3.8, 4) is 0 Å². The van der Waals surface area contributed by atoms with E-state index in [2.05, 4.69) is 10.3 Å². The molecule has 10 heteroatoms. The van der Waals surface area contributed by atoms with Crippen molar-refractivity contribution in [2.45, 2.75) is 56.8 Å². The van der Waals surface area contributed by atoms with Crippen LogP contribution >= 0.6 is 12.4 Å². The number of quaternary nitrogens is 1. The van der Waals surface area contributed by atoms with E-state index in [1.165, 1.54) is 0 Å². The van der Waals surface area contributed by atoms with E-state index in [1.54, 1.807) is 7.05 Å². The molecule has 180 valence electrons. The number of nitrogens with one attached hydrogen (secondary N) is 1. The molecule has 1 saturated carbocycles. The molecule has 2 N–H and O–H groups in total. The van der Waals surface area contributed by atoms with Gasteiger partial charge in [-0.25, -0.2) is 4.79 Å². The lowest BCUT2D eigenvalue weighted by atomic mass is 9.80. The summed E-state index contributed by atoms with van der Waals surface area (Å²) in [6.45, 7) is 0.970. The Morgan fingerprint density at radius 1 is 1.16 bits per heavy atom. The third-order valence-corrected chi connectivity index (χ3v) is 6.79. The highest BCUT2D eigenvalue weighted by molar-refractivity contribution is 5.85. The number of benzene rings is 1. The lowest BCUT2D eigenvalue weighted by Gasteiger charge is -2.48. The van der Waals surface area contributed by atoms with Crippen molar-refractivity contribution in [2.75, 3.05) is 26.7 Å². The van der Waals surface area contributed by atoms with Crippen molar-refractivity contribution in [1.29, 1.82) is 0 Å². The average molecular weight is 479 g/mol. The van der Waals surface area contributed by atoms with Crippen molar-refractivity contribution < 1.29 is 32.5 Å². The molecule has 3 rings (SSSR count). The number of hydrogen-bond donors (Lipinski definition) is 2. The fraction of sp³-hybridized carbons (Fsp3) is 0.636. The molecule has 1 aromatic rings. The first-order valence-electron chi connectivity index (χ1n) is 10.8. The first kappa shape index (κ1) is 26.6. The SMILES string of the molecule is C[N+](NCC(=O)O)(C(=O)Cc1ccccc1)[C@H]1CC[C@H](C(F)(F)F)C[C@H]1N1CCCC1.Cl. The van der Waals surface area contributed by atoms with E-state index in [4.69, 9.17) is 0 Å². The van der Waals surface area contributed by atoms with E-state index in [1.807, 2.05) is 30.3 Å². The number of carbonyl (C=O) groups is 2. The highest BCUT2D eigenvalue weighted by atomic mass is 35.5. The van der Waals surface area contributed by atoms with Gasteiger partial charge in [-0.1, -0.05) is 30.3 Å². The predicted molar refractivity (Wildman–Crippen MR) is 116 cm³/mol. The Morgan fingerprint density at radius 3 is 2.34 bits per heavy atom. The number of likely N-dealkylation sites (N-methyl/N-ethyl adjacent to an activating group) is 1. The normalized spacial score (nSPS) is 26.2. The Hall–Kier alpha value is -1.68. The van der Waals surface area contributed by atoms with Gasteiger partial charge in [0.1, 0.15) is 12.6 Å². The number of halogens is 4. The molecule has 1 aliphatic carbocycles. The number of hydrogen-bond acceptors (Lipinski definition) is 4. The van der Waals surface area contributed by atoms with Crippen LogP contribution in [0.4, 0.5) is 13.2 Å². The van der Waals surface area contributed by atoms with Gasteiger partial charge in [-0.3, -0.25) is 9.69 Å². The minimum Gasteiger partial charge on any atom is -0.480 e. The molecule has 0 aromatic heterocycles. The van der Waals surface area contributed by atoms with Gasteiger partial charge in [0.15, 0.2) is 0 Å². The molecule has 6 nitrogen and oxygen atoms in total. The Morgan fingerprint density at radius 2 is 1.78 bits per heavy atom. The highest BCUT2D eigenvalue weighted by Gasteiger charge is 2.54. The lowest BCUT2D eigenvalue weighted by Crippen LogP contribution is -2.71. The van der Waals surface area contributed by atoms with Crippen molar-refractivity contribution in [1.82, 2.24) is 10.3 Å². The zero-order chi connectivity index (χ0) is 22.6.